The van der Waals surface area contributed by atoms with Crippen molar-refractivity contribution in [1.29, 1.82) is 0 Å². The number of para-hydroxylation sites is 2. The number of aromatic nitrogens is 3. The number of non-ortho nitro benzene ring substituents is 1. The fraction of sp³-hybridized carbons (Fsp3) is 0.0588. The van der Waals surface area contributed by atoms with Crippen LogP contribution in [-0.2, 0) is 6.42 Å². The van der Waals surface area contributed by atoms with Gasteiger partial charge in [-0.15, -0.1) is 0 Å². The molecule has 0 aliphatic carbocycles. The molecule has 0 aliphatic rings. The molecule has 0 saturated carbocycles. The van der Waals surface area contributed by atoms with Gasteiger partial charge in [-0.05, 0) is 17.7 Å². The van der Waals surface area contributed by atoms with Gasteiger partial charge in [-0.25, -0.2) is 9.97 Å². The molecule has 6 nitrogen and oxygen atoms in total. The molecule has 0 saturated heterocycles. The number of nitro groups is 1. The van der Waals surface area contributed by atoms with Gasteiger partial charge in [-0.1, -0.05) is 35.9 Å². The van der Waals surface area contributed by atoms with Gasteiger partial charge >= 0.3 is 0 Å². The normalized spacial score (nSPS) is 11.2. The van der Waals surface area contributed by atoms with Gasteiger partial charge in [0.05, 0.1) is 16.0 Å². The Kier molecular flexibility index (Phi) is 3.39. The van der Waals surface area contributed by atoms with Crippen LogP contribution in [0.3, 0.4) is 0 Å². The van der Waals surface area contributed by atoms with Gasteiger partial charge in [-0.2, -0.15) is 0 Å². The van der Waals surface area contributed by atoms with E-state index in [1.165, 1.54) is 12.1 Å². The minimum atomic E-state index is -0.406. The summed E-state index contributed by atoms with van der Waals surface area (Å²) in [5.74, 6) is 0. The molecular formula is C17H11ClN4O2. The van der Waals surface area contributed by atoms with E-state index >= 15 is 0 Å². The SMILES string of the molecule is O=[N+]([O-])c1ccc(Cc2cnc3c(Cl)nc4ccccc4n23)cc1. The molecule has 0 aliphatic heterocycles. The molecule has 7 heteroatoms. The average Bonchev–Trinajstić information content (AvgIpc) is 3.00. The van der Waals surface area contributed by atoms with Crippen LogP contribution in [0.15, 0.2) is 54.7 Å². The maximum absolute atomic E-state index is 10.8. The Labute approximate surface area is 141 Å². The number of imidazole rings is 1. The van der Waals surface area contributed by atoms with E-state index in [0.717, 1.165) is 22.3 Å². The molecule has 0 radical (unpaired) electrons. The second-order valence-corrected chi connectivity index (χ2v) is 5.76. The van der Waals surface area contributed by atoms with Crippen molar-refractivity contribution in [3.05, 3.63) is 81.3 Å². The summed E-state index contributed by atoms with van der Waals surface area (Å²) < 4.78 is 1.98. The molecule has 2 aromatic carbocycles. The average molecular weight is 339 g/mol. The van der Waals surface area contributed by atoms with Crippen LogP contribution in [0.1, 0.15) is 11.3 Å². The molecule has 0 spiro atoms. The van der Waals surface area contributed by atoms with Gasteiger partial charge in [-0.3, -0.25) is 14.5 Å². The Balaban J connectivity index is 1.83. The number of nitrogens with zero attached hydrogens (tertiary/aromatic N) is 4. The van der Waals surface area contributed by atoms with Crippen LogP contribution >= 0.6 is 11.6 Å². The lowest BCUT2D eigenvalue weighted by Gasteiger charge is -2.07. The number of hydrogen-bond donors (Lipinski definition) is 0. The van der Waals surface area contributed by atoms with Gasteiger partial charge in [0.1, 0.15) is 0 Å². The third-order valence-electron chi connectivity index (χ3n) is 3.89. The maximum atomic E-state index is 10.8. The monoisotopic (exact) mass is 338 g/mol. The van der Waals surface area contributed by atoms with Crippen molar-refractivity contribution in [2.75, 3.05) is 0 Å². The van der Waals surface area contributed by atoms with Crippen molar-refractivity contribution in [3.8, 4) is 0 Å². The fourth-order valence-corrected chi connectivity index (χ4v) is 3.00. The highest BCUT2D eigenvalue weighted by molar-refractivity contribution is 6.32. The zero-order chi connectivity index (χ0) is 16.7. The molecule has 4 aromatic rings. The molecule has 24 heavy (non-hydrogen) atoms. The van der Waals surface area contributed by atoms with Crippen molar-refractivity contribution in [1.82, 2.24) is 14.4 Å². The Morgan fingerprint density at radius 1 is 1.12 bits per heavy atom. The van der Waals surface area contributed by atoms with E-state index < -0.39 is 4.92 Å². The molecule has 2 heterocycles. The molecular weight excluding hydrogens is 328 g/mol. The zero-order valence-electron chi connectivity index (χ0n) is 12.4. The van der Waals surface area contributed by atoms with Crippen molar-refractivity contribution in [2.45, 2.75) is 6.42 Å². The van der Waals surface area contributed by atoms with E-state index in [4.69, 9.17) is 11.6 Å². The quantitative estimate of drug-likeness (QED) is 0.417. The Hall–Kier alpha value is -2.99. The van der Waals surface area contributed by atoms with Crippen LogP contribution in [0.4, 0.5) is 5.69 Å². The second kappa shape index (κ2) is 5.58. The van der Waals surface area contributed by atoms with Gasteiger partial charge in [0.25, 0.3) is 5.69 Å². The van der Waals surface area contributed by atoms with Crippen LogP contribution in [0.2, 0.25) is 5.15 Å². The third kappa shape index (κ3) is 2.37. The van der Waals surface area contributed by atoms with Gasteiger partial charge in [0.15, 0.2) is 10.8 Å². The molecule has 0 bridgehead atoms. The molecule has 0 atom stereocenters. The highest BCUT2D eigenvalue weighted by Crippen LogP contribution is 2.24. The predicted molar refractivity (Wildman–Crippen MR) is 91.4 cm³/mol. The summed E-state index contributed by atoms with van der Waals surface area (Å²) in [6.45, 7) is 0. The number of halogens is 1. The van der Waals surface area contributed by atoms with Crippen LogP contribution in [0.25, 0.3) is 16.7 Å². The Morgan fingerprint density at radius 2 is 1.88 bits per heavy atom. The first kappa shape index (κ1) is 14.6. The van der Waals surface area contributed by atoms with Gasteiger partial charge < -0.3 is 0 Å². The van der Waals surface area contributed by atoms with Crippen LogP contribution in [0, 0.1) is 10.1 Å². The summed E-state index contributed by atoms with van der Waals surface area (Å²) >= 11 is 6.24. The van der Waals surface area contributed by atoms with Gasteiger partial charge in [0, 0.05) is 30.4 Å². The summed E-state index contributed by atoms with van der Waals surface area (Å²) in [6.07, 6.45) is 2.35. The van der Waals surface area contributed by atoms with Crippen LogP contribution < -0.4 is 0 Å². The molecule has 0 amide bonds. The first-order valence-corrected chi connectivity index (χ1v) is 7.65. The summed E-state index contributed by atoms with van der Waals surface area (Å²) in [4.78, 5) is 19.1. The topological polar surface area (TPSA) is 73.3 Å². The predicted octanol–water partition coefficient (Wildman–Crippen LogP) is 4.03. The van der Waals surface area contributed by atoms with E-state index in [-0.39, 0.29) is 5.69 Å². The smallest absolute Gasteiger partial charge is 0.269 e. The molecule has 0 N–H and O–H groups in total. The molecule has 2 aromatic heterocycles. The standard InChI is InChI=1S/C17H11ClN4O2/c18-16-17-19-10-13(9-11-5-7-12(8-6-11)22(23)24)21(17)15-4-2-1-3-14(15)20-16/h1-8,10H,9H2. The Morgan fingerprint density at radius 3 is 2.62 bits per heavy atom. The van der Waals surface area contributed by atoms with Crippen molar-refractivity contribution in [3.63, 3.8) is 0 Å². The fourth-order valence-electron chi connectivity index (χ4n) is 2.77. The molecule has 0 unspecified atom stereocenters. The first-order chi connectivity index (χ1) is 11.6. The van der Waals surface area contributed by atoms with Gasteiger partial charge in [0.2, 0.25) is 0 Å². The lowest BCUT2D eigenvalue weighted by Crippen LogP contribution is -1.99. The van der Waals surface area contributed by atoms with E-state index in [1.807, 2.05) is 28.7 Å². The highest BCUT2D eigenvalue weighted by Gasteiger charge is 2.13. The van der Waals surface area contributed by atoms with E-state index in [2.05, 4.69) is 9.97 Å². The number of fused-ring (bicyclic) bond motifs is 3. The molecule has 4 rings (SSSR count). The third-order valence-corrected chi connectivity index (χ3v) is 4.15. The van der Waals surface area contributed by atoms with Crippen molar-refractivity contribution in [2.24, 2.45) is 0 Å². The Bertz CT molecular complexity index is 1070. The second-order valence-electron chi connectivity index (χ2n) is 5.40. The molecule has 0 fully saturated rings. The lowest BCUT2D eigenvalue weighted by atomic mass is 10.1. The van der Waals surface area contributed by atoms with Crippen LogP contribution in [0.5, 0.6) is 0 Å². The molecule has 118 valence electrons. The number of hydrogen-bond acceptors (Lipinski definition) is 4. The number of rotatable bonds is 3. The van der Waals surface area contributed by atoms with Crippen molar-refractivity contribution < 1.29 is 4.92 Å². The lowest BCUT2D eigenvalue weighted by molar-refractivity contribution is -0.384. The highest BCUT2D eigenvalue weighted by atomic mass is 35.5. The van der Waals surface area contributed by atoms with E-state index in [0.29, 0.717) is 17.2 Å². The summed E-state index contributed by atoms with van der Waals surface area (Å²) in [7, 11) is 0. The first-order valence-electron chi connectivity index (χ1n) is 7.27. The zero-order valence-corrected chi connectivity index (χ0v) is 13.1. The summed E-state index contributed by atoms with van der Waals surface area (Å²) in [6, 6.07) is 14.2. The van der Waals surface area contributed by atoms with E-state index in [9.17, 15) is 10.1 Å². The van der Waals surface area contributed by atoms with E-state index in [1.54, 1.807) is 18.3 Å². The van der Waals surface area contributed by atoms with Crippen molar-refractivity contribution >= 4 is 34.0 Å². The minimum Gasteiger partial charge on any atom is -0.292 e. The summed E-state index contributed by atoms with van der Waals surface area (Å²) in [5, 5.41) is 11.1. The number of benzene rings is 2. The summed E-state index contributed by atoms with van der Waals surface area (Å²) in [5.41, 5.74) is 4.30. The maximum Gasteiger partial charge on any atom is 0.269 e. The largest absolute Gasteiger partial charge is 0.292 e. The minimum absolute atomic E-state index is 0.0783. The number of nitro benzene ring substituents is 1. The van der Waals surface area contributed by atoms with Crippen LogP contribution in [-0.4, -0.2) is 19.3 Å².